The van der Waals surface area contributed by atoms with Gasteiger partial charge in [-0.15, -0.1) is 10.2 Å². The van der Waals surface area contributed by atoms with Crippen LogP contribution in [0.3, 0.4) is 0 Å². The fraction of sp³-hybridized carbons (Fsp3) is 0.273. The fourth-order valence-corrected chi connectivity index (χ4v) is 3.22. The van der Waals surface area contributed by atoms with Crippen LogP contribution < -0.4 is 5.73 Å². The zero-order valence-corrected chi connectivity index (χ0v) is 12.0. The molecule has 3 nitrogen and oxygen atoms in total. The van der Waals surface area contributed by atoms with Crippen LogP contribution in [-0.4, -0.2) is 16.7 Å². The molecule has 1 aromatic heterocycles. The van der Waals surface area contributed by atoms with E-state index in [9.17, 15) is 4.39 Å². The Morgan fingerprint density at radius 3 is 2.88 bits per heavy atom. The Labute approximate surface area is 116 Å². The molecular weight excluding hydrogens is 352 g/mol. The van der Waals surface area contributed by atoms with Crippen molar-refractivity contribution in [3.8, 4) is 10.6 Å². The SMILES string of the molecule is NCCCc1nnc(-c2ccc(F)cc2I)s1. The molecule has 6 heteroatoms. The average Bonchev–Trinajstić information content (AvgIpc) is 2.75. The molecule has 2 aromatic rings. The Kier molecular flexibility index (Phi) is 4.41. The average molecular weight is 363 g/mol. The summed E-state index contributed by atoms with van der Waals surface area (Å²) in [5.41, 5.74) is 6.38. The van der Waals surface area contributed by atoms with Gasteiger partial charge >= 0.3 is 0 Å². The molecule has 1 aromatic carbocycles. The molecule has 2 rings (SSSR count). The normalized spacial score (nSPS) is 10.8. The highest BCUT2D eigenvalue weighted by atomic mass is 127. The maximum atomic E-state index is 13.0. The van der Waals surface area contributed by atoms with Crippen molar-refractivity contribution in [1.29, 1.82) is 0 Å². The Hall–Kier alpha value is -0.600. The van der Waals surface area contributed by atoms with Gasteiger partial charge in [0, 0.05) is 15.6 Å². The summed E-state index contributed by atoms with van der Waals surface area (Å²) < 4.78 is 13.8. The lowest BCUT2D eigenvalue weighted by Gasteiger charge is -1.99. The van der Waals surface area contributed by atoms with Crippen LogP contribution in [0.25, 0.3) is 10.6 Å². The minimum atomic E-state index is -0.231. The number of aromatic nitrogens is 2. The first-order chi connectivity index (χ1) is 8.20. The van der Waals surface area contributed by atoms with Gasteiger partial charge in [0.15, 0.2) is 0 Å². The van der Waals surface area contributed by atoms with Crippen molar-refractivity contribution >= 4 is 33.9 Å². The molecular formula is C11H11FIN3S. The third-order valence-corrected chi connectivity index (χ3v) is 4.13. The monoisotopic (exact) mass is 363 g/mol. The molecule has 1 heterocycles. The predicted molar refractivity (Wildman–Crippen MR) is 75.4 cm³/mol. The molecule has 90 valence electrons. The molecule has 0 saturated heterocycles. The number of hydrogen-bond donors (Lipinski definition) is 1. The third kappa shape index (κ3) is 3.20. The third-order valence-electron chi connectivity index (χ3n) is 2.22. The fourth-order valence-electron chi connectivity index (χ4n) is 1.38. The van der Waals surface area contributed by atoms with E-state index in [2.05, 4.69) is 32.8 Å². The van der Waals surface area contributed by atoms with Gasteiger partial charge in [0.2, 0.25) is 0 Å². The van der Waals surface area contributed by atoms with Crippen molar-refractivity contribution in [2.45, 2.75) is 12.8 Å². The van der Waals surface area contributed by atoms with Gasteiger partial charge in [0.25, 0.3) is 0 Å². The Morgan fingerprint density at radius 1 is 1.35 bits per heavy atom. The van der Waals surface area contributed by atoms with Crippen LogP contribution in [-0.2, 0) is 6.42 Å². The number of nitrogens with two attached hydrogens (primary N) is 1. The van der Waals surface area contributed by atoms with E-state index in [-0.39, 0.29) is 5.82 Å². The first kappa shape index (κ1) is 12.8. The smallest absolute Gasteiger partial charge is 0.148 e. The highest BCUT2D eigenvalue weighted by molar-refractivity contribution is 14.1. The Balaban J connectivity index is 2.24. The van der Waals surface area contributed by atoms with Crippen LogP contribution in [0, 0.1) is 9.39 Å². The van der Waals surface area contributed by atoms with Crippen LogP contribution in [0.15, 0.2) is 18.2 Å². The van der Waals surface area contributed by atoms with Crippen molar-refractivity contribution in [3.05, 3.63) is 32.6 Å². The van der Waals surface area contributed by atoms with Crippen molar-refractivity contribution in [2.75, 3.05) is 6.54 Å². The van der Waals surface area contributed by atoms with E-state index in [4.69, 9.17) is 5.73 Å². The van der Waals surface area contributed by atoms with Crippen LogP contribution in [0.2, 0.25) is 0 Å². The molecule has 0 bridgehead atoms. The van der Waals surface area contributed by atoms with Gasteiger partial charge in [-0.2, -0.15) is 0 Å². The molecule has 0 aliphatic rings. The lowest BCUT2D eigenvalue weighted by Crippen LogP contribution is -1.99. The molecule has 0 radical (unpaired) electrons. The van der Waals surface area contributed by atoms with Gasteiger partial charge in [-0.25, -0.2) is 4.39 Å². The molecule has 17 heavy (non-hydrogen) atoms. The van der Waals surface area contributed by atoms with E-state index >= 15 is 0 Å². The Morgan fingerprint density at radius 2 is 2.18 bits per heavy atom. The second-order valence-electron chi connectivity index (χ2n) is 3.52. The first-order valence-corrected chi connectivity index (χ1v) is 7.08. The van der Waals surface area contributed by atoms with Crippen LogP contribution >= 0.6 is 33.9 Å². The summed E-state index contributed by atoms with van der Waals surface area (Å²) in [7, 11) is 0. The second-order valence-corrected chi connectivity index (χ2v) is 5.74. The second kappa shape index (κ2) is 5.83. The lowest BCUT2D eigenvalue weighted by molar-refractivity contribution is 0.627. The predicted octanol–water partition coefficient (Wildman–Crippen LogP) is 2.84. The quantitative estimate of drug-likeness (QED) is 0.850. The molecule has 0 atom stereocenters. The minimum absolute atomic E-state index is 0.231. The molecule has 2 N–H and O–H groups in total. The van der Waals surface area contributed by atoms with Gasteiger partial charge in [-0.05, 0) is 53.8 Å². The summed E-state index contributed by atoms with van der Waals surface area (Å²) in [5.74, 6) is -0.231. The number of rotatable bonds is 4. The van der Waals surface area contributed by atoms with Crippen molar-refractivity contribution < 1.29 is 4.39 Å². The summed E-state index contributed by atoms with van der Waals surface area (Å²) in [4.78, 5) is 0. The molecule has 0 amide bonds. The van der Waals surface area contributed by atoms with Crippen molar-refractivity contribution in [3.63, 3.8) is 0 Å². The van der Waals surface area contributed by atoms with Crippen molar-refractivity contribution in [2.24, 2.45) is 5.73 Å². The van der Waals surface area contributed by atoms with Crippen LogP contribution in [0.4, 0.5) is 4.39 Å². The van der Waals surface area contributed by atoms with E-state index in [0.717, 1.165) is 32.0 Å². The number of halogens is 2. The van der Waals surface area contributed by atoms with Gasteiger partial charge < -0.3 is 5.73 Å². The highest BCUT2D eigenvalue weighted by Crippen LogP contribution is 2.28. The maximum absolute atomic E-state index is 13.0. The maximum Gasteiger partial charge on any atom is 0.148 e. The van der Waals surface area contributed by atoms with E-state index < -0.39 is 0 Å². The molecule has 0 spiro atoms. The lowest BCUT2D eigenvalue weighted by atomic mass is 10.2. The summed E-state index contributed by atoms with van der Waals surface area (Å²) in [6.45, 7) is 0.656. The molecule has 0 fully saturated rings. The number of hydrogen-bond acceptors (Lipinski definition) is 4. The van der Waals surface area contributed by atoms with Gasteiger partial charge in [0.05, 0.1) is 0 Å². The minimum Gasteiger partial charge on any atom is -0.330 e. The molecule has 0 unspecified atom stereocenters. The van der Waals surface area contributed by atoms with Gasteiger partial charge in [-0.3, -0.25) is 0 Å². The standard InChI is InChI=1S/C11H11FIN3S/c12-7-3-4-8(9(13)6-7)11-16-15-10(17-11)2-1-5-14/h3-4,6H,1-2,5,14H2. The topological polar surface area (TPSA) is 51.8 Å². The summed E-state index contributed by atoms with van der Waals surface area (Å²) in [6, 6.07) is 4.68. The Bertz CT molecular complexity index is 515. The first-order valence-electron chi connectivity index (χ1n) is 5.18. The van der Waals surface area contributed by atoms with Crippen molar-refractivity contribution in [1.82, 2.24) is 10.2 Å². The van der Waals surface area contributed by atoms with Gasteiger partial charge in [-0.1, -0.05) is 11.3 Å². The zero-order chi connectivity index (χ0) is 12.3. The van der Waals surface area contributed by atoms with E-state index in [0.29, 0.717) is 6.54 Å². The zero-order valence-electron chi connectivity index (χ0n) is 8.99. The summed E-state index contributed by atoms with van der Waals surface area (Å²) in [6.07, 6.45) is 1.76. The van der Waals surface area contributed by atoms with Crippen LogP contribution in [0.5, 0.6) is 0 Å². The summed E-state index contributed by atoms with van der Waals surface area (Å²) in [5, 5.41) is 10.1. The van der Waals surface area contributed by atoms with E-state index in [1.54, 1.807) is 17.4 Å². The molecule has 0 saturated carbocycles. The summed E-state index contributed by atoms with van der Waals surface area (Å²) >= 11 is 3.65. The van der Waals surface area contributed by atoms with E-state index in [1.807, 2.05) is 0 Å². The highest BCUT2D eigenvalue weighted by Gasteiger charge is 2.10. The molecule has 0 aliphatic carbocycles. The molecule has 0 aliphatic heterocycles. The van der Waals surface area contributed by atoms with E-state index in [1.165, 1.54) is 12.1 Å². The number of nitrogens with zero attached hydrogens (tertiary/aromatic N) is 2. The number of aryl methyl sites for hydroxylation is 1. The van der Waals surface area contributed by atoms with Crippen LogP contribution in [0.1, 0.15) is 11.4 Å². The van der Waals surface area contributed by atoms with Gasteiger partial charge in [0.1, 0.15) is 15.8 Å². The largest absolute Gasteiger partial charge is 0.330 e. The number of benzene rings is 1.